The van der Waals surface area contributed by atoms with Crippen molar-refractivity contribution >= 4 is 23.4 Å². The highest BCUT2D eigenvalue weighted by molar-refractivity contribution is 6.30. The standard InChI is InChI=1S/C28H32ClN3O3/c1-18(2)15-31(5)28(35)24-17-32(19(3)4)16-23(26(24)33)27(34)30-25(20-9-7-6-8-10-20)21-11-13-22(29)14-12-21/h6-14,16-19,25H,15H2,1-5H3,(H,30,34)/t25-/m0/s1. The zero-order valence-electron chi connectivity index (χ0n) is 20.8. The summed E-state index contributed by atoms with van der Waals surface area (Å²) in [6, 6.07) is 16.1. The summed E-state index contributed by atoms with van der Waals surface area (Å²) in [5.41, 5.74) is 1.01. The van der Waals surface area contributed by atoms with Gasteiger partial charge in [0.2, 0.25) is 5.43 Å². The number of halogens is 1. The third kappa shape index (κ3) is 6.40. The molecule has 1 heterocycles. The fraction of sp³-hybridized carbons (Fsp3) is 0.321. The van der Waals surface area contributed by atoms with E-state index >= 15 is 0 Å². The van der Waals surface area contributed by atoms with Crippen molar-refractivity contribution in [3.05, 3.63) is 104 Å². The monoisotopic (exact) mass is 493 g/mol. The predicted molar refractivity (Wildman–Crippen MR) is 140 cm³/mol. The van der Waals surface area contributed by atoms with E-state index < -0.39 is 23.3 Å². The lowest BCUT2D eigenvalue weighted by Crippen LogP contribution is -2.38. The van der Waals surface area contributed by atoms with Gasteiger partial charge in [-0.15, -0.1) is 0 Å². The molecule has 0 unspecified atom stereocenters. The maximum atomic E-state index is 13.5. The molecule has 0 radical (unpaired) electrons. The summed E-state index contributed by atoms with van der Waals surface area (Å²) in [5, 5.41) is 3.59. The van der Waals surface area contributed by atoms with Crippen molar-refractivity contribution in [2.24, 2.45) is 5.92 Å². The first kappa shape index (κ1) is 26.2. The molecule has 0 saturated carbocycles. The van der Waals surface area contributed by atoms with Gasteiger partial charge in [-0.25, -0.2) is 0 Å². The number of aromatic nitrogens is 1. The van der Waals surface area contributed by atoms with Crippen molar-refractivity contribution in [1.82, 2.24) is 14.8 Å². The number of benzene rings is 2. The fourth-order valence-corrected chi connectivity index (χ4v) is 4.04. The van der Waals surface area contributed by atoms with E-state index in [0.29, 0.717) is 11.6 Å². The molecule has 2 amide bonds. The van der Waals surface area contributed by atoms with Crippen LogP contribution in [0.15, 0.2) is 71.8 Å². The highest BCUT2D eigenvalue weighted by Gasteiger charge is 2.25. The molecule has 0 aliphatic carbocycles. The number of carbonyl (C=O) groups excluding carboxylic acids is 2. The Hall–Kier alpha value is -3.38. The summed E-state index contributed by atoms with van der Waals surface area (Å²) < 4.78 is 1.73. The second kappa shape index (κ2) is 11.4. The molecule has 3 aromatic rings. The topological polar surface area (TPSA) is 71.4 Å². The Morgan fingerprint density at radius 3 is 2.06 bits per heavy atom. The van der Waals surface area contributed by atoms with Crippen LogP contribution in [0.25, 0.3) is 0 Å². The lowest BCUT2D eigenvalue weighted by atomic mass is 9.98. The molecule has 6 nitrogen and oxygen atoms in total. The zero-order valence-corrected chi connectivity index (χ0v) is 21.5. The summed E-state index contributed by atoms with van der Waals surface area (Å²) >= 11 is 6.07. The second-order valence-corrected chi connectivity index (χ2v) is 9.84. The van der Waals surface area contributed by atoms with Crippen LogP contribution in [0.5, 0.6) is 0 Å². The van der Waals surface area contributed by atoms with Gasteiger partial charge in [-0.2, -0.15) is 0 Å². The van der Waals surface area contributed by atoms with Crippen LogP contribution in [-0.4, -0.2) is 34.9 Å². The summed E-state index contributed by atoms with van der Waals surface area (Å²) in [4.78, 5) is 41.5. The summed E-state index contributed by atoms with van der Waals surface area (Å²) in [6.45, 7) is 8.36. The summed E-state index contributed by atoms with van der Waals surface area (Å²) in [7, 11) is 1.67. The normalized spacial score (nSPS) is 12.0. The van der Waals surface area contributed by atoms with Crippen molar-refractivity contribution in [2.75, 3.05) is 13.6 Å². The molecule has 0 bridgehead atoms. The van der Waals surface area contributed by atoms with Crippen molar-refractivity contribution < 1.29 is 9.59 Å². The number of rotatable bonds is 8. The number of pyridine rings is 1. The van der Waals surface area contributed by atoms with Crippen LogP contribution in [0.4, 0.5) is 0 Å². The fourth-order valence-electron chi connectivity index (χ4n) is 3.91. The molecule has 7 heteroatoms. The van der Waals surface area contributed by atoms with E-state index in [1.54, 1.807) is 23.7 Å². The van der Waals surface area contributed by atoms with Gasteiger partial charge in [0.25, 0.3) is 11.8 Å². The van der Waals surface area contributed by atoms with Crippen molar-refractivity contribution in [3.63, 3.8) is 0 Å². The molecule has 1 atom stereocenters. The first-order valence-electron chi connectivity index (χ1n) is 11.7. The molecule has 0 saturated heterocycles. The molecule has 1 aromatic heterocycles. The zero-order chi connectivity index (χ0) is 25.7. The first-order chi connectivity index (χ1) is 16.6. The number of amides is 2. The molecule has 0 aliphatic rings. The summed E-state index contributed by atoms with van der Waals surface area (Å²) in [6.07, 6.45) is 3.06. The van der Waals surface area contributed by atoms with E-state index in [9.17, 15) is 14.4 Å². The Balaban J connectivity index is 2.04. The smallest absolute Gasteiger partial charge is 0.259 e. The molecule has 184 valence electrons. The van der Waals surface area contributed by atoms with E-state index in [2.05, 4.69) is 5.32 Å². The summed E-state index contributed by atoms with van der Waals surface area (Å²) in [5.74, 6) is -0.701. The number of hydrogen-bond acceptors (Lipinski definition) is 3. The van der Waals surface area contributed by atoms with Crippen LogP contribution in [-0.2, 0) is 0 Å². The molecule has 35 heavy (non-hydrogen) atoms. The van der Waals surface area contributed by atoms with E-state index in [1.165, 1.54) is 17.3 Å². The maximum Gasteiger partial charge on any atom is 0.259 e. The highest BCUT2D eigenvalue weighted by Crippen LogP contribution is 2.24. The lowest BCUT2D eigenvalue weighted by Gasteiger charge is -2.22. The Morgan fingerprint density at radius 2 is 1.49 bits per heavy atom. The lowest BCUT2D eigenvalue weighted by molar-refractivity contribution is 0.0777. The third-order valence-electron chi connectivity index (χ3n) is 5.71. The van der Waals surface area contributed by atoms with Crippen LogP contribution in [0.1, 0.15) is 71.6 Å². The second-order valence-electron chi connectivity index (χ2n) is 9.40. The Labute approximate surface area is 211 Å². The quantitative estimate of drug-likeness (QED) is 0.461. The van der Waals surface area contributed by atoms with Gasteiger partial charge in [0, 0.05) is 37.1 Å². The van der Waals surface area contributed by atoms with E-state index in [-0.39, 0.29) is 23.1 Å². The van der Waals surface area contributed by atoms with Crippen LogP contribution in [0.3, 0.4) is 0 Å². The number of nitrogens with zero attached hydrogens (tertiary/aromatic N) is 2. The number of nitrogens with one attached hydrogen (secondary N) is 1. The average Bonchev–Trinajstić information content (AvgIpc) is 2.82. The van der Waals surface area contributed by atoms with Gasteiger partial charge in [0.05, 0.1) is 6.04 Å². The predicted octanol–water partition coefficient (Wildman–Crippen LogP) is 5.33. The van der Waals surface area contributed by atoms with Gasteiger partial charge in [0.15, 0.2) is 0 Å². The highest BCUT2D eigenvalue weighted by atomic mass is 35.5. The van der Waals surface area contributed by atoms with Crippen LogP contribution in [0.2, 0.25) is 5.02 Å². The van der Waals surface area contributed by atoms with E-state index in [0.717, 1.165) is 11.1 Å². The molecule has 2 aromatic carbocycles. The van der Waals surface area contributed by atoms with Gasteiger partial charge >= 0.3 is 0 Å². The molecule has 0 spiro atoms. The molecule has 0 aliphatic heterocycles. The maximum absolute atomic E-state index is 13.5. The molecular formula is C28H32ClN3O3. The SMILES string of the molecule is CC(C)CN(C)C(=O)c1cn(C(C)C)cc(C(=O)N[C@@H](c2ccccc2)c2ccc(Cl)cc2)c1=O. The van der Waals surface area contributed by atoms with Gasteiger partial charge in [-0.05, 0) is 43.0 Å². The van der Waals surface area contributed by atoms with E-state index in [4.69, 9.17) is 11.6 Å². The minimum atomic E-state index is -0.581. The largest absolute Gasteiger partial charge is 0.350 e. The van der Waals surface area contributed by atoms with E-state index in [1.807, 2.05) is 70.2 Å². The molecule has 3 rings (SSSR count). The number of hydrogen-bond donors (Lipinski definition) is 1. The van der Waals surface area contributed by atoms with Crippen molar-refractivity contribution in [3.8, 4) is 0 Å². The molecule has 0 fully saturated rings. The Morgan fingerprint density at radius 1 is 0.914 bits per heavy atom. The number of carbonyl (C=O) groups is 2. The van der Waals surface area contributed by atoms with Crippen molar-refractivity contribution in [2.45, 2.75) is 39.8 Å². The van der Waals surface area contributed by atoms with Gasteiger partial charge in [0.1, 0.15) is 11.1 Å². The van der Waals surface area contributed by atoms with Gasteiger partial charge < -0.3 is 14.8 Å². The van der Waals surface area contributed by atoms with Crippen molar-refractivity contribution in [1.29, 1.82) is 0 Å². The minimum Gasteiger partial charge on any atom is -0.350 e. The average molecular weight is 494 g/mol. The molecular weight excluding hydrogens is 462 g/mol. The van der Waals surface area contributed by atoms with Gasteiger partial charge in [-0.1, -0.05) is 67.9 Å². The molecule has 1 N–H and O–H groups in total. The van der Waals surface area contributed by atoms with Crippen LogP contribution < -0.4 is 10.7 Å². The van der Waals surface area contributed by atoms with Gasteiger partial charge in [-0.3, -0.25) is 14.4 Å². The minimum absolute atomic E-state index is 0.0164. The Bertz CT molecular complexity index is 1230. The first-order valence-corrected chi connectivity index (χ1v) is 12.1. The van der Waals surface area contributed by atoms with Crippen LogP contribution >= 0.6 is 11.6 Å². The third-order valence-corrected chi connectivity index (χ3v) is 5.97. The Kier molecular flexibility index (Phi) is 8.52. The van der Waals surface area contributed by atoms with Crippen LogP contribution in [0, 0.1) is 5.92 Å².